The molecule has 0 aromatic heterocycles. The van der Waals surface area contributed by atoms with Gasteiger partial charge in [0.2, 0.25) is 0 Å². The van der Waals surface area contributed by atoms with Gasteiger partial charge in [0.15, 0.2) is 0 Å². The maximum Gasteiger partial charge on any atom is 0.335 e. The molecular weight excluding hydrogens is 304 g/mol. The molecule has 0 spiro atoms. The summed E-state index contributed by atoms with van der Waals surface area (Å²) in [6.07, 6.45) is 5.36. The zero-order chi connectivity index (χ0) is 17.7. The molecule has 0 saturated heterocycles. The molecule has 4 heteroatoms. The summed E-state index contributed by atoms with van der Waals surface area (Å²) in [5.41, 5.74) is 4.42. The minimum Gasteiger partial charge on any atom is -0.478 e. The van der Waals surface area contributed by atoms with E-state index in [9.17, 15) is 9.59 Å². The average molecular weight is 324 g/mol. The maximum absolute atomic E-state index is 11.1. The predicted molar refractivity (Wildman–Crippen MR) is 94.5 cm³/mol. The molecule has 2 aromatic rings. The van der Waals surface area contributed by atoms with Crippen LogP contribution >= 0.6 is 0 Å². The Kier molecular flexibility index (Phi) is 5.53. The first-order valence-corrected chi connectivity index (χ1v) is 7.86. The first-order valence-electron chi connectivity index (χ1n) is 7.86. The highest BCUT2D eigenvalue weighted by Gasteiger charge is 2.07. The molecule has 0 atom stereocenters. The maximum atomic E-state index is 11.1. The molecule has 0 aliphatic rings. The summed E-state index contributed by atoms with van der Waals surface area (Å²) in [6, 6.07) is 10.2. The number of aryl methyl sites for hydroxylation is 2. The lowest BCUT2D eigenvalue weighted by Crippen LogP contribution is -1.99. The normalized spacial score (nSPS) is 10.9. The van der Waals surface area contributed by atoms with Crippen LogP contribution < -0.4 is 0 Å². The summed E-state index contributed by atoms with van der Waals surface area (Å²) >= 11 is 0. The van der Waals surface area contributed by atoms with Crippen molar-refractivity contribution < 1.29 is 19.8 Å². The van der Waals surface area contributed by atoms with Gasteiger partial charge in [-0.05, 0) is 59.4 Å². The Morgan fingerprint density at radius 3 is 1.46 bits per heavy atom. The van der Waals surface area contributed by atoms with Gasteiger partial charge < -0.3 is 10.2 Å². The number of carbonyl (C=O) groups is 2. The molecule has 2 rings (SSSR count). The van der Waals surface area contributed by atoms with Crippen LogP contribution in [0.25, 0.3) is 12.2 Å². The Balaban J connectivity index is 2.37. The molecule has 0 fully saturated rings. The highest BCUT2D eigenvalue weighted by Crippen LogP contribution is 2.19. The van der Waals surface area contributed by atoms with Gasteiger partial charge in [0.1, 0.15) is 0 Å². The highest BCUT2D eigenvalue weighted by atomic mass is 16.4. The van der Waals surface area contributed by atoms with Gasteiger partial charge >= 0.3 is 11.9 Å². The van der Waals surface area contributed by atoms with Crippen LogP contribution in [0.15, 0.2) is 36.4 Å². The number of hydrogen-bond donors (Lipinski definition) is 2. The molecule has 2 N–H and O–H groups in total. The molecule has 124 valence electrons. The lowest BCUT2D eigenvalue weighted by Gasteiger charge is -2.07. The van der Waals surface area contributed by atoms with Gasteiger partial charge in [-0.1, -0.05) is 38.1 Å². The van der Waals surface area contributed by atoms with Crippen molar-refractivity contribution in [2.24, 2.45) is 0 Å². The quantitative estimate of drug-likeness (QED) is 0.773. The predicted octanol–water partition coefficient (Wildman–Crippen LogP) is 4.38. The summed E-state index contributed by atoms with van der Waals surface area (Å²) in [4.78, 5) is 22.1. The van der Waals surface area contributed by atoms with Crippen LogP contribution in [0.2, 0.25) is 0 Å². The summed E-state index contributed by atoms with van der Waals surface area (Å²) < 4.78 is 0. The smallest absolute Gasteiger partial charge is 0.335 e. The summed E-state index contributed by atoms with van der Waals surface area (Å²) in [5.74, 6) is -1.87. The van der Waals surface area contributed by atoms with Crippen molar-refractivity contribution in [3.8, 4) is 0 Å². The highest BCUT2D eigenvalue weighted by molar-refractivity contribution is 5.89. The zero-order valence-corrected chi connectivity index (χ0v) is 13.7. The van der Waals surface area contributed by atoms with Crippen molar-refractivity contribution in [2.45, 2.75) is 26.7 Å². The van der Waals surface area contributed by atoms with Gasteiger partial charge in [-0.2, -0.15) is 0 Å². The van der Waals surface area contributed by atoms with Crippen molar-refractivity contribution in [1.29, 1.82) is 0 Å². The Labute approximate surface area is 141 Å². The van der Waals surface area contributed by atoms with Crippen molar-refractivity contribution in [3.05, 3.63) is 69.8 Å². The standard InChI is InChI=1S/C20H20O4/c1-3-13-11-17(19(21)22)9-7-15(13)5-6-16-8-10-18(20(23)24)12-14(16)4-2/h5-12H,3-4H2,1-2H3,(H,21,22)(H,23,24)/b6-5+. The minimum atomic E-state index is -0.933. The Morgan fingerprint density at radius 1 is 0.792 bits per heavy atom. The number of hydrogen-bond acceptors (Lipinski definition) is 2. The summed E-state index contributed by atoms with van der Waals surface area (Å²) in [6.45, 7) is 3.97. The average Bonchev–Trinajstić information content (AvgIpc) is 2.59. The molecule has 0 saturated carbocycles. The number of carboxylic acid groups (broad SMARTS) is 2. The molecule has 0 amide bonds. The van der Waals surface area contributed by atoms with Gasteiger partial charge in [-0.15, -0.1) is 0 Å². The fourth-order valence-corrected chi connectivity index (χ4v) is 2.59. The molecule has 0 aliphatic heterocycles. The number of aromatic carboxylic acids is 2. The molecule has 0 aliphatic carbocycles. The van der Waals surface area contributed by atoms with E-state index in [0.29, 0.717) is 0 Å². The van der Waals surface area contributed by atoms with E-state index >= 15 is 0 Å². The van der Waals surface area contributed by atoms with Crippen molar-refractivity contribution in [3.63, 3.8) is 0 Å². The second-order valence-electron chi connectivity index (χ2n) is 5.48. The van der Waals surface area contributed by atoms with Crippen LogP contribution in [-0.4, -0.2) is 22.2 Å². The van der Waals surface area contributed by atoms with E-state index in [1.54, 1.807) is 36.4 Å². The fraction of sp³-hybridized carbons (Fsp3) is 0.200. The molecule has 0 radical (unpaired) electrons. The van der Waals surface area contributed by atoms with Gasteiger partial charge in [0.25, 0.3) is 0 Å². The number of carboxylic acids is 2. The molecular formula is C20H20O4. The van der Waals surface area contributed by atoms with Crippen molar-refractivity contribution in [2.75, 3.05) is 0 Å². The lowest BCUT2D eigenvalue weighted by atomic mass is 9.98. The number of rotatable bonds is 6. The topological polar surface area (TPSA) is 74.6 Å². The second-order valence-corrected chi connectivity index (χ2v) is 5.48. The van der Waals surface area contributed by atoms with E-state index in [-0.39, 0.29) is 11.1 Å². The van der Waals surface area contributed by atoms with Crippen LogP contribution in [0.4, 0.5) is 0 Å². The van der Waals surface area contributed by atoms with Gasteiger partial charge in [0.05, 0.1) is 11.1 Å². The first kappa shape index (κ1) is 17.5. The second kappa shape index (κ2) is 7.59. The zero-order valence-electron chi connectivity index (χ0n) is 13.7. The van der Waals surface area contributed by atoms with E-state index in [2.05, 4.69) is 0 Å². The summed E-state index contributed by atoms with van der Waals surface area (Å²) in [5, 5.41) is 18.2. The SMILES string of the molecule is CCc1cc(C(=O)O)ccc1/C=C/c1ccc(C(=O)O)cc1CC. The largest absolute Gasteiger partial charge is 0.478 e. The van der Waals surface area contributed by atoms with Crippen LogP contribution in [0, 0.1) is 0 Å². The Morgan fingerprint density at radius 2 is 1.17 bits per heavy atom. The minimum absolute atomic E-state index is 0.282. The molecule has 0 heterocycles. The van der Waals surface area contributed by atoms with E-state index in [1.807, 2.05) is 26.0 Å². The molecule has 24 heavy (non-hydrogen) atoms. The third-order valence-corrected chi connectivity index (χ3v) is 3.98. The van der Waals surface area contributed by atoms with E-state index < -0.39 is 11.9 Å². The Hall–Kier alpha value is -2.88. The van der Waals surface area contributed by atoms with Crippen LogP contribution in [0.5, 0.6) is 0 Å². The van der Waals surface area contributed by atoms with E-state index in [0.717, 1.165) is 35.1 Å². The first-order chi connectivity index (χ1) is 11.5. The van der Waals surface area contributed by atoms with Crippen LogP contribution in [-0.2, 0) is 12.8 Å². The van der Waals surface area contributed by atoms with Gasteiger partial charge in [-0.25, -0.2) is 9.59 Å². The van der Waals surface area contributed by atoms with Crippen molar-refractivity contribution in [1.82, 2.24) is 0 Å². The third kappa shape index (κ3) is 3.90. The molecule has 0 unspecified atom stereocenters. The van der Waals surface area contributed by atoms with Gasteiger partial charge in [-0.3, -0.25) is 0 Å². The van der Waals surface area contributed by atoms with Crippen LogP contribution in [0.1, 0.15) is 56.8 Å². The molecule has 2 aromatic carbocycles. The monoisotopic (exact) mass is 324 g/mol. The van der Waals surface area contributed by atoms with Crippen LogP contribution in [0.3, 0.4) is 0 Å². The van der Waals surface area contributed by atoms with E-state index in [4.69, 9.17) is 10.2 Å². The third-order valence-electron chi connectivity index (χ3n) is 3.98. The number of benzene rings is 2. The molecule has 4 nitrogen and oxygen atoms in total. The fourth-order valence-electron chi connectivity index (χ4n) is 2.59. The van der Waals surface area contributed by atoms with E-state index in [1.165, 1.54) is 0 Å². The van der Waals surface area contributed by atoms with Crippen molar-refractivity contribution >= 4 is 24.1 Å². The van der Waals surface area contributed by atoms with Gasteiger partial charge in [0, 0.05) is 0 Å². The molecule has 0 bridgehead atoms. The lowest BCUT2D eigenvalue weighted by molar-refractivity contribution is 0.0686. The summed E-state index contributed by atoms with van der Waals surface area (Å²) in [7, 11) is 0. The Bertz CT molecular complexity index is 736.